The molecule has 0 spiro atoms. The van der Waals surface area contributed by atoms with E-state index in [1.807, 2.05) is 0 Å². The van der Waals surface area contributed by atoms with Crippen molar-refractivity contribution in [1.29, 1.82) is 0 Å². The summed E-state index contributed by atoms with van der Waals surface area (Å²) in [6.07, 6.45) is 0. The minimum Gasteiger partial charge on any atom is -0.401 e. The molecule has 37 valence electrons. The molecule has 0 bridgehead atoms. The number of halogens is 1. The van der Waals surface area contributed by atoms with Crippen LogP contribution < -0.4 is 0 Å². The van der Waals surface area contributed by atoms with E-state index in [1.165, 1.54) is 0 Å². The van der Waals surface area contributed by atoms with Crippen molar-refractivity contribution in [3.8, 4) is 0 Å². The van der Waals surface area contributed by atoms with Gasteiger partial charge in [0.1, 0.15) is 0 Å². The number of hydrogen-bond donors (Lipinski definition) is 2. The Hall–Kier alpha value is 0.754. The Morgan fingerprint density at radius 1 is 1.50 bits per heavy atom. The van der Waals surface area contributed by atoms with Crippen LogP contribution in [0.3, 0.4) is 0 Å². The molecule has 0 fully saturated rings. The first-order valence-corrected chi connectivity index (χ1v) is 1.22. The molecule has 0 aliphatic heterocycles. The third-order valence-electron chi connectivity index (χ3n) is 0.0797. The van der Waals surface area contributed by atoms with Gasteiger partial charge in [-0.25, -0.2) is 0 Å². The molecule has 0 heterocycles. The summed E-state index contributed by atoms with van der Waals surface area (Å²) in [7, 11) is -1.85. The normalized spacial score (nSPS) is 6.50. The second-order valence-electron chi connectivity index (χ2n) is 0.415. The molecule has 0 aliphatic rings. The van der Waals surface area contributed by atoms with E-state index in [9.17, 15) is 0 Å². The maximum atomic E-state index is 7.56. The van der Waals surface area contributed by atoms with Gasteiger partial charge in [0.15, 0.2) is 0 Å². The van der Waals surface area contributed by atoms with Crippen molar-refractivity contribution >= 4 is 19.2 Å². The van der Waals surface area contributed by atoms with Crippen molar-refractivity contribution in [3.05, 3.63) is 0 Å². The van der Waals surface area contributed by atoms with Crippen LogP contribution in [0.15, 0.2) is 0 Å². The standard InChI is InChI=1S/BClH2O3.Mn/c2-5-1(3)4;/h3-4H;. The second kappa shape index (κ2) is 5.75. The first-order chi connectivity index (χ1) is 2.27. The van der Waals surface area contributed by atoms with Gasteiger partial charge in [0.2, 0.25) is 0 Å². The van der Waals surface area contributed by atoms with Crippen LogP contribution in [0.5, 0.6) is 0 Å². The molecule has 2 N–H and O–H groups in total. The molecule has 6 heavy (non-hydrogen) atoms. The van der Waals surface area contributed by atoms with Crippen molar-refractivity contribution in [2.45, 2.75) is 0 Å². The van der Waals surface area contributed by atoms with E-state index in [4.69, 9.17) is 10.0 Å². The van der Waals surface area contributed by atoms with Crippen molar-refractivity contribution in [1.82, 2.24) is 0 Å². The maximum Gasteiger partial charge on any atom is 0.650 e. The van der Waals surface area contributed by atoms with Gasteiger partial charge in [-0.15, -0.1) is 0 Å². The molecule has 0 aromatic rings. The summed E-state index contributed by atoms with van der Waals surface area (Å²) in [4.78, 5) is 0. The quantitative estimate of drug-likeness (QED) is 0.479. The molecule has 6 heteroatoms. The van der Waals surface area contributed by atoms with Crippen molar-refractivity contribution in [2.24, 2.45) is 0 Å². The zero-order valence-corrected chi connectivity index (χ0v) is 4.57. The number of hydrogen-bond acceptors (Lipinski definition) is 3. The topological polar surface area (TPSA) is 49.7 Å². The van der Waals surface area contributed by atoms with Crippen molar-refractivity contribution in [2.75, 3.05) is 0 Å². The predicted octanol–water partition coefficient (Wildman–Crippen LogP) is -0.876. The van der Waals surface area contributed by atoms with E-state index in [2.05, 4.69) is 16.1 Å². The first kappa shape index (κ1) is 9.89. The summed E-state index contributed by atoms with van der Waals surface area (Å²) in [6.45, 7) is 0. The Labute approximate surface area is 51.1 Å². The Balaban J connectivity index is 0. The van der Waals surface area contributed by atoms with Crippen LogP contribution in [-0.2, 0) is 21.3 Å². The van der Waals surface area contributed by atoms with Gasteiger partial charge in [0.25, 0.3) is 0 Å². The van der Waals surface area contributed by atoms with Crippen LogP contribution in [-0.4, -0.2) is 17.4 Å². The summed E-state index contributed by atoms with van der Waals surface area (Å²) in [5.74, 6) is 0. The van der Waals surface area contributed by atoms with Crippen LogP contribution >= 0.6 is 11.9 Å². The van der Waals surface area contributed by atoms with Gasteiger partial charge >= 0.3 is 7.32 Å². The zero-order valence-electron chi connectivity index (χ0n) is 2.64. The van der Waals surface area contributed by atoms with Gasteiger partial charge in [-0.05, 0) is 0 Å². The van der Waals surface area contributed by atoms with Crippen LogP contribution in [0.25, 0.3) is 0 Å². The maximum absolute atomic E-state index is 7.56. The van der Waals surface area contributed by atoms with Gasteiger partial charge in [-0.3, -0.25) is 4.21 Å². The minimum absolute atomic E-state index is 0. The molecule has 0 rings (SSSR count). The summed E-state index contributed by atoms with van der Waals surface area (Å²) >= 11 is 4.34. The first-order valence-electron chi connectivity index (χ1n) is 0.906. The predicted molar refractivity (Wildman–Crippen MR) is 17.1 cm³/mol. The molecule has 3 nitrogen and oxygen atoms in total. The third kappa shape index (κ3) is 8.83. The van der Waals surface area contributed by atoms with Crippen LogP contribution in [0.4, 0.5) is 0 Å². The van der Waals surface area contributed by atoms with E-state index >= 15 is 0 Å². The largest absolute Gasteiger partial charge is 0.650 e. The zero-order chi connectivity index (χ0) is 4.28. The average molecular weight is 151 g/mol. The van der Waals surface area contributed by atoms with Crippen LogP contribution in [0, 0.1) is 0 Å². The minimum atomic E-state index is -1.85. The van der Waals surface area contributed by atoms with Gasteiger partial charge in [0.05, 0.1) is 0 Å². The molecule has 0 aromatic heterocycles. The Kier molecular flexibility index (Phi) is 9.49. The summed E-state index contributed by atoms with van der Waals surface area (Å²) < 4.78 is 3.33. The second-order valence-corrected chi connectivity index (χ2v) is 0.594. The molecular formula is H2BClMnO3. The van der Waals surface area contributed by atoms with Crippen molar-refractivity contribution < 1.29 is 31.3 Å². The van der Waals surface area contributed by atoms with E-state index in [0.717, 1.165) is 0 Å². The van der Waals surface area contributed by atoms with Crippen LogP contribution in [0.2, 0.25) is 0 Å². The molecule has 0 aromatic carbocycles. The summed E-state index contributed by atoms with van der Waals surface area (Å²) in [5, 5.41) is 15.1. The van der Waals surface area contributed by atoms with Gasteiger partial charge in [-0.1, -0.05) is 0 Å². The summed E-state index contributed by atoms with van der Waals surface area (Å²) in [5.41, 5.74) is 0. The molecule has 1 radical (unpaired) electrons. The molecule has 0 amide bonds. The fourth-order valence-corrected chi connectivity index (χ4v) is 0. The number of rotatable bonds is 1. The van der Waals surface area contributed by atoms with Gasteiger partial charge < -0.3 is 10.0 Å². The summed E-state index contributed by atoms with van der Waals surface area (Å²) in [6, 6.07) is 0. The van der Waals surface area contributed by atoms with E-state index in [1.54, 1.807) is 0 Å². The van der Waals surface area contributed by atoms with E-state index < -0.39 is 7.32 Å². The Bertz CT molecular complexity index is 24.8. The Morgan fingerprint density at radius 3 is 1.67 bits per heavy atom. The van der Waals surface area contributed by atoms with E-state index in [-0.39, 0.29) is 17.1 Å². The third-order valence-corrected chi connectivity index (χ3v) is 0.239. The molecule has 0 unspecified atom stereocenters. The van der Waals surface area contributed by atoms with Crippen LogP contribution in [0.1, 0.15) is 0 Å². The fraction of sp³-hybridized carbons (Fsp3) is 0. The SMILES string of the molecule is OB(O)OCl.[Mn]. The van der Waals surface area contributed by atoms with Gasteiger partial charge in [-0.2, -0.15) is 0 Å². The fourth-order valence-electron chi connectivity index (χ4n) is 0. The smallest absolute Gasteiger partial charge is 0.401 e. The monoisotopic (exact) mass is 151 g/mol. The molecule has 0 atom stereocenters. The molecule has 0 saturated carbocycles. The van der Waals surface area contributed by atoms with E-state index in [0.29, 0.717) is 0 Å². The van der Waals surface area contributed by atoms with Crippen molar-refractivity contribution in [3.63, 3.8) is 0 Å². The van der Waals surface area contributed by atoms with Gasteiger partial charge in [0, 0.05) is 28.9 Å². The average Bonchev–Trinajstić information content (AvgIpc) is 1.38. The molecule has 0 saturated heterocycles. The molecular weight excluding hydrogens is 149 g/mol. The molecule has 0 aliphatic carbocycles. The Morgan fingerprint density at radius 2 is 1.67 bits per heavy atom.